The largest absolute Gasteiger partial charge is 0.496 e. The third-order valence-electron chi connectivity index (χ3n) is 5.44. The highest BCUT2D eigenvalue weighted by Gasteiger charge is 2.30. The predicted octanol–water partition coefficient (Wildman–Crippen LogP) is 5.64. The predicted molar refractivity (Wildman–Crippen MR) is 130 cm³/mol. The molecule has 0 saturated heterocycles. The highest BCUT2D eigenvalue weighted by atomic mass is 32.1. The van der Waals surface area contributed by atoms with Crippen LogP contribution in [-0.4, -0.2) is 13.0 Å². The summed E-state index contributed by atoms with van der Waals surface area (Å²) >= 11 is 1.59. The van der Waals surface area contributed by atoms with E-state index in [4.69, 9.17) is 4.74 Å². The van der Waals surface area contributed by atoms with Gasteiger partial charge in [-0.15, -0.1) is 11.3 Å². The summed E-state index contributed by atoms with van der Waals surface area (Å²) in [6.45, 7) is 4.17. The quantitative estimate of drug-likeness (QED) is 0.388. The van der Waals surface area contributed by atoms with Gasteiger partial charge in [0.05, 0.1) is 13.3 Å². The fraction of sp³-hybridized carbons (Fsp3) is 0.154. The van der Waals surface area contributed by atoms with Crippen molar-refractivity contribution < 1.29 is 14.5 Å². The summed E-state index contributed by atoms with van der Waals surface area (Å²) in [5.74, 6) is 1.52. The van der Waals surface area contributed by atoms with Gasteiger partial charge in [0, 0.05) is 27.6 Å². The molecule has 0 aliphatic rings. The van der Waals surface area contributed by atoms with Gasteiger partial charge in [0.25, 0.3) is 11.7 Å². The van der Waals surface area contributed by atoms with E-state index in [0.29, 0.717) is 5.56 Å². The van der Waals surface area contributed by atoms with Crippen LogP contribution in [0.2, 0.25) is 0 Å². The number of hydrogen-bond donors (Lipinski definition) is 2. The first kappa shape index (κ1) is 21.6. The van der Waals surface area contributed by atoms with Gasteiger partial charge in [-0.05, 0) is 43.7 Å². The van der Waals surface area contributed by atoms with Crippen molar-refractivity contribution >= 4 is 28.1 Å². The van der Waals surface area contributed by atoms with Crippen LogP contribution in [-0.2, 0) is 0 Å². The zero-order valence-corrected chi connectivity index (χ0v) is 19.1. The molecule has 2 heterocycles. The van der Waals surface area contributed by atoms with Gasteiger partial charge in [0.2, 0.25) is 0 Å². The topological polar surface area (TPSA) is 64.5 Å². The van der Waals surface area contributed by atoms with Gasteiger partial charge >= 0.3 is 0 Å². The molecule has 0 radical (unpaired) electrons. The smallest absolute Gasteiger partial charge is 0.272 e. The number of H-pyrrole nitrogens is 1. The fourth-order valence-corrected chi connectivity index (χ4v) is 4.79. The maximum atomic E-state index is 13.0. The van der Waals surface area contributed by atoms with E-state index >= 15 is 0 Å². The number of aryl methyl sites for hydroxylation is 1. The summed E-state index contributed by atoms with van der Waals surface area (Å²) in [7, 11) is 1.67. The number of carbonyl (C=O) groups is 1. The number of hydrogen-bond acceptors (Lipinski definition) is 4. The van der Waals surface area contributed by atoms with Crippen LogP contribution in [0.1, 0.15) is 38.0 Å². The molecule has 6 heteroatoms. The molecule has 162 valence electrons. The van der Waals surface area contributed by atoms with Crippen molar-refractivity contribution in [2.24, 2.45) is 0 Å². The molecule has 4 rings (SSSR count). The van der Waals surface area contributed by atoms with Crippen LogP contribution in [0.5, 0.6) is 5.75 Å². The molecule has 0 unspecified atom stereocenters. The van der Waals surface area contributed by atoms with E-state index in [2.05, 4.69) is 35.5 Å². The first-order valence-corrected chi connectivity index (χ1v) is 11.2. The van der Waals surface area contributed by atoms with Crippen molar-refractivity contribution in [1.29, 1.82) is 0 Å². The molecule has 0 saturated carbocycles. The van der Waals surface area contributed by atoms with Crippen LogP contribution in [0.15, 0.2) is 79.0 Å². The Morgan fingerprint density at radius 2 is 1.69 bits per heavy atom. The zero-order valence-electron chi connectivity index (χ0n) is 18.3. The zero-order chi connectivity index (χ0) is 22.5. The average Bonchev–Trinajstić information content (AvgIpc) is 3.11. The lowest BCUT2D eigenvalue weighted by molar-refractivity contribution is -0.361. The maximum absolute atomic E-state index is 13.0. The molecule has 0 fully saturated rings. The molecule has 0 aliphatic heterocycles. The van der Waals surface area contributed by atoms with Gasteiger partial charge in [-0.2, -0.15) is 0 Å². The minimum Gasteiger partial charge on any atom is -0.496 e. The van der Waals surface area contributed by atoms with Crippen LogP contribution in [0.25, 0.3) is 0 Å². The number of pyridine rings is 1. The number of carbonyl (C=O) groups excluding carboxylic acids is 1. The van der Waals surface area contributed by atoms with Crippen molar-refractivity contribution in [2.45, 2.75) is 19.9 Å². The van der Waals surface area contributed by atoms with E-state index in [0.717, 1.165) is 38.1 Å². The molecule has 5 nitrogen and oxygen atoms in total. The van der Waals surface area contributed by atoms with E-state index in [1.807, 2.05) is 72.9 Å². The SMILES string of the molecule is COc1ccccc1[C@@H](Nc1cccc[nH+]1)c1c(NC(=O)c2ccccc2)sc(C)c1C. The van der Waals surface area contributed by atoms with Gasteiger partial charge in [-0.3, -0.25) is 10.1 Å². The molecule has 2 aromatic carbocycles. The monoisotopic (exact) mass is 444 g/mol. The van der Waals surface area contributed by atoms with Gasteiger partial charge in [0.15, 0.2) is 6.04 Å². The molecule has 4 aromatic rings. The standard InChI is InChI=1S/C26H25N3O2S/c1-17-18(2)32-26(29-25(30)19-11-5-4-6-12-19)23(17)24(28-22-15-9-10-16-27-22)20-13-7-8-14-21(20)31-3/h4-16,24H,1-3H3,(H,27,28)(H,29,30)/p+1/t24-/m1/s1. The van der Waals surface area contributed by atoms with Crippen molar-refractivity contribution in [2.75, 3.05) is 17.7 Å². The maximum Gasteiger partial charge on any atom is 0.272 e. The van der Waals surface area contributed by atoms with Crippen LogP contribution < -0.4 is 20.4 Å². The van der Waals surface area contributed by atoms with E-state index in [1.165, 1.54) is 0 Å². The summed E-state index contributed by atoms with van der Waals surface area (Å²) in [4.78, 5) is 17.4. The third-order valence-corrected chi connectivity index (χ3v) is 6.58. The third kappa shape index (κ3) is 4.50. The fourth-order valence-electron chi connectivity index (χ4n) is 3.70. The first-order chi connectivity index (χ1) is 15.6. The number of aromatic amines is 1. The van der Waals surface area contributed by atoms with Crippen LogP contribution in [0, 0.1) is 13.8 Å². The normalized spacial score (nSPS) is 11.6. The Hall–Kier alpha value is -3.64. The number of thiophene rings is 1. The van der Waals surface area contributed by atoms with Crippen LogP contribution >= 0.6 is 11.3 Å². The summed E-state index contributed by atoms with van der Waals surface area (Å²) in [5, 5.41) is 7.59. The van der Waals surface area contributed by atoms with Crippen molar-refractivity contribution in [3.63, 3.8) is 0 Å². The average molecular weight is 445 g/mol. The summed E-state index contributed by atoms with van der Waals surface area (Å²) < 4.78 is 5.69. The molecule has 32 heavy (non-hydrogen) atoms. The van der Waals surface area contributed by atoms with E-state index < -0.39 is 0 Å². The van der Waals surface area contributed by atoms with Crippen molar-refractivity contribution in [1.82, 2.24) is 0 Å². The van der Waals surface area contributed by atoms with E-state index in [9.17, 15) is 4.79 Å². The number of benzene rings is 2. The number of nitrogens with one attached hydrogen (secondary N) is 3. The Balaban J connectivity index is 1.81. The number of methoxy groups -OCH3 is 1. The molecule has 2 aromatic heterocycles. The second-order valence-electron chi connectivity index (χ2n) is 7.44. The minimum atomic E-state index is -0.235. The van der Waals surface area contributed by atoms with E-state index in [1.54, 1.807) is 18.4 Å². The van der Waals surface area contributed by atoms with Crippen molar-refractivity contribution in [3.05, 3.63) is 106 Å². The summed E-state index contributed by atoms with van der Waals surface area (Å²) in [6.07, 6.45) is 1.88. The van der Waals surface area contributed by atoms with E-state index in [-0.39, 0.29) is 11.9 Å². The highest BCUT2D eigenvalue weighted by molar-refractivity contribution is 7.16. The molecule has 0 aliphatic carbocycles. The van der Waals surface area contributed by atoms with Gasteiger partial charge < -0.3 is 10.1 Å². The Morgan fingerprint density at radius 1 is 0.969 bits per heavy atom. The van der Waals surface area contributed by atoms with Crippen LogP contribution in [0.4, 0.5) is 10.8 Å². The second kappa shape index (κ2) is 9.66. The lowest BCUT2D eigenvalue weighted by Gasteiger charge is -2.20. The highest BCUT2D eigenvalue weighted by Crippen LogP contribution is 2.42. The van der Waals surface area contributed by atoms with Gasteiger partial charge in [-0.25, -0.2) is 4.98 Å². The van der Waals surface area contributed by atoms with Crippen molar-refractivity contribution in [3.8, 4) is 5.75 Å². The summed E-state index contributed by atoms with van der Waals surface area (Å²) in [5.41, 5.74) is 3.78. The Morgan fingerprint density at radius 3 is 2.41 bits per heavy atom. The van der Waals surface area contributed by atoms with Gasteiger partial charge in [-0.1, -0.05) is 42.5 Å². The molecular weight excluding hydrogens is 418 g/mol. The molecule has 3 N–H and O–H groups in total. The summed E-state index contributed by atoms with van der Waals surface area (Å²) in [6, 6.07) is 22.9. The Kier molecular flexibility index (Phi) is 6.52. The lowest BCUT2D eigenvalue weighted by atomic mass is 9.95. The number of para-hydroxylation sites is 1. The number of anilines is 2. The number of ether oxygens (including phenoxy) is 1. The molecule has 1 atom stereocenters. The van der Waals surface area contributed by atoms with Gasteiger partial charge in [0.1, 0.15) is 10.8 Å². The lowest BCUT2D eigenvalue weighted by Crippen LogP contribution is -2.21. The number of amides is 1. The molecular formula is C26H26N3O2S+. The molecule has 0 bridgehead atoms. The minimum absolute atomic E-state index is 0.127. The Labute approximate surface area is 192 Å². The first-order valence-electron chi connectivity index (χ1n) is 10.4. The van der Waals surface area contributed by atoms with Crippen LogP contribution in [0.3, 0.4) is 0 Å². The molecule has 0 spiro atoms. The number of aromatic nitrogens is 1. The number of rotatable bonds is 7. The second-order valence-corrected chi connectivity index (χ2v) is 8.67. The molecule has 1 amide bonds. The Bertz CT molecular complexity index is 1210.